The first-order valence-corrected chi connectivity index (χ1v) is 8.10. The second-order valence-electron chi connectivity index (χ2n) is 4.98. The van der Waals surface area contributed by atoms with Gasteiger partial charge in [0.25, 0.3) is 11.1 Å². The molecule has 0 spiro atoms. The highest BCUT2D eigenvalue weighted by Gasteiger charge is 2.29. The summed E-state index contributed by atoms with van der Waals surface area (Å²) in [6, 6.07) is 7.23. The van der Waals surface area contributed by atoms with Crippen LogP contribution in [0.25, 0.3) is 5.69 Å². The van der Waals surface area contributed by atoms with E-state index in [2.05, 4.69) is 10.4 Å². The van der Waals surface area contributed by atoms with Crippen LogP contribution in [0, 0.1) is 5.82 Å². The number of halogens is 1. The Bertz CT molecular complexity index is 774. The van der Waals surface area contributed by atoms with Gasteiger partial charge in [0.2, 0.25) is 5.91 Å². The van der Waals surface area contributed by atoms with E-state index in [1.54, 1.807) is 18.3 Å². The summed E-state index contributed by atoms with van der Waals surface area (Å²) in [7, 11) is 0. The van der Waals surface area contributed by atoms with Crippen molar-refractivity contribution in [2.45, 2.75) is 0 Å². The molecule has 1 aromatic carbocycles. The molecule has 0 radical (unpaired) electrons. The van der Waals surface area contributed by atoms with E-state index in [-0.39, 0.29) is 41.5 Å². The van der Waals surface area contributed by atoms with Gasteiger partial charge in [-0.1, -0.05) is 11.8 Å². The zero-order valence-corrected chi connectivity index (χ0v) is 13.3. The van der Waals surface area contributed by atoms with Gasteiger partial charge in [0, 0.05) is 19.3 Å². The third kappa shape index (κ3) is 3.46. The van der Waals surface area contributed by atoms with Gasteiger partial charge in [-0.25, -0.2) is 9.07 Å². The predicted octanol–water partition coefficient (Wildman–Crippen LogP) is 1.44. The highest BCUT2D eigenvalue weighted by atomic mass is 32.2. The van der Waals surface area contributed by atoms with Crippen LogP contribution in [0.2, 0.25) is 0 Å². The minimum atomic E-state index is -0.414. The molecule has 1 aliphatic rings. The third-order valence-corrected chi connectivity index (χ3v) is 4.23. The molecule has 2 heterocycles. The molecular formula is C15H13FN4O3S. The molecule has 9 heteroatoms. The molecule has 1 fully saturated rings. The molecular weight excluding hydrogens is 335 g/mol. The minimum absolute atomic E-state index is 0.134. The van der Waals surface area contributed by atoms with Crippen LogP contribution in [0.4, 0.5) is 9.18 Å². The number of benzene rings is 1. The zero-order valence-electron chi connectivity index (χ0n) is 12.4. The van der Waals surface area contributed by atoms with Crippen molar-refractivity contribution in [3.8, 4) is 5.69 Å². The number of hydrogen-bond acceptors (Lipinski definition) is 5. The Morgan fingerprint density at radius 2 is 2.00 bits per heavy atom. The fourth-order valence-corrected chi connectivity index (χ4v) is 2.90. The van der Waals surface area contributed by atoms with E-state index in [1.165, 1.54) is 22.9 Å². The molecule has 1 aliphatic heterocycles. The summed E-state index contributed by atoms with van der Waals surface area (Å²) in [4.78, 5) is 36.0. The minimum Gasteiger partial charge on any atom is -0.349 e. The molecule has 3 rings (SSSR count). The number of amides is 3. The molecule has 124 valence electrons. The summed E-state index contributed by atoms with van der Waals surface area (Å²) in [6.45, 7) is 0.287. The zero-order chi connectivity index (χ0) is 17.1. The summed E-state index contributed by atoms with van der Waals surface area (Å²) >= 11 is 0.953. The fraction of sp³-hybridized carbons (Fsp3) is 0.200. The Morgan fingerprint density at radius 3 is 2.67 bits per heavy atom. The van der Waals surface area contributed by atoms with Crippen molar-refractivity contribution in [2.75, 3.05) is 18.8 Å². The molecule has 0 saturated carbocycles. The Balaban J connectivity index is 1.57. The standard InChI is InChI=1S/C15H13FN4O3S/c16-10-1-3-11(4-2-10)20-7-5-12(18-20)14(22)17-6-8-19-13(21)9-24-15(19)23/h1-5,7H,6,8-9H2,(H,17,22). The van der Waals surface area contributed by atoms with Crippen molar-refractivity contribution < 1.29 is 18.8 Å². The van der Waals surface area contributed by atoms with Gasteiger partial charge >= 0.3 is 0 Å². The van der Waals surface area contributed by atoms with Crippen molar-refractivity contribution in [1.29, 1.82) is 0 Å². The number of hydrogen-bond donors (Lipinski definition) is 1. The first-order valence-electron chi connectivity index (χ1n) is 7.11. The number of carbonyl (C=O) groups excluding carboxylic acids is 3. The van der Waals surface area contributed by atoms with E-state index in [9.17, 15) is 18.8 Å². The van der Waals surface area contributed by atoms with Crippen LogP contribution in [-0.4, -0.2) is 50.6 Å². The monoisotopic (exact) mass is 348 g/mol. The van der Waals surface area contributed by atoms with Crippen molar-refractivity contribution in [3.63, 3.8) is 0 Å². The largest absolute Gasteiger partial charge is 0.349 e. The molecule has 1 aromatic heterocycles. The molecule has 0 bridgehead atoms. The number of carbonyl (C=O) groups is 3. The topological polar surface area (TPSA) is 84.3 Å². The van der Waals surface area contributed by atoms with Crippen LogP contribution in [0.15, 0.2) is 36.5 Å². The van der Waals surface area contributed by atoms with Crippen LogP contribution < -0.4 is 5.32 Å². The van der Waals surface area contributed by atoms with Crippen LogP contribution in [0.1, 0.15) is 10.5 Å². The summed E-state index contributed by atoms with van der Waals surface area (Å²) in [6.07, 6.45) is 1.59. The van der Waals surface area contributed by atoms with Gasteiger partial charge in [-0.2, -0.15) is 5.10 Å². The molecule has 1 saturated heterocycles. The van der Waals surface area contributed by atoms with Gasteiger partial charge in [0.05, 0.1) is 11.4 Å². The van der Waals surface area contributed by atoms with E-state index in [0.29, 0.717) is 5.69 Å². The van der Waals surface area contributed by atoms with Crippen LogP contribution in [0.3, 0.4) is 0 Å². The fourth-order valence-electron chi connectivity index (χ4n) is 2.15. The molecule has 7 nitrogen and oxygen atoms in total. The quantitative estimate of drug-likeness (QED) is 0.884. The Kier molecular flexibility index (Phi) is 4.61. The van der Waals surface area contributed by atoms with E-state index in [1.807, 2.05) is 0 Å². The lowest BCUT2D eigenvalue weighted by Gasteiger charge is -2.12. The highest BCUT2D eigenvalue weighted by molar-refractivity contribution is 8.14. The number of thioether (sulfide) groups is 1. The maximum absolute atomic E-state index is 12.9. The Hall–Kier alpha value is -2.68. The number of nitrogens with one attached hydrogen (secondary N) is 1. The van der Waals surface area contributed by atoms with Gasteiger partial charge in [0.1, 0.15) is 5.82 Å². The lowest BCUT2D eigenvalue weighted by molar-refractivity contribution is -0.124. The molecule has 2 aromatic rings. The second kappa shape index (κ2) is 6.83. The molecule has 1 N–H and O–H groups in total. The molecule has 0 unspecified atom stereocenters. The van der Waals surface area contributed by atoms with Crippen molar-refractivity contribution in [1.82, 2.24) is 20.0 Å². The van der Waals surface area contributed by atoms with Gasteiger partial charge in [-0.15, -0.1) is 0 Å². The second-order valence-corrected chi connectivity index (χ2v) is 5.90. The van der Waals surface area contributed by atoms with Crippen LogP contribution >= 0.6 is 11.8 Å². The predicted molar refractivity (Wildman–Crippen MR) is 85.4 cm³/mol. The van der Waals surface area contributed by atoms with E-state index >= 15 is 0 Å². The van der Waals surface area contributed by atoms with Gasteiger partial charge in [0.15, 0.2) is 5.69 Å². The molecule has 0 atom stereocenters. The lowest BCUT2D eigenvalue weighted by atomic mass is 10.3. The van der Waals surface area contributed by atoms with E-state index in [4.69, 9.17) is 0 Å². The normalized spacial score (nSPS) is 14.3. The average molecular weight is 348 g/mol. The van der Waals surface area contributed by atoms with Crippen LogP contribution in [0.5, 0.6) is 0 Å². The smallest absolute Gasteiger partial charge is 0.288 e. The van der Waals surface area contributed by atoms with Gasteiger partial charge in [-0.3, -0.25) is 19.3 Å². The Labute approximate surface area is 140 Å². The average Bonchev–Trinajstić information content (AvgIpc) is 3.17. The summed E-state index contributed by atoms with van der Waals surface area (Å²) in [5.41, 5.74) is 0.813. The van der Waals surface area contributed by atoms with Gasteiger partial charge < -0.3 is 5.32 Å². The maximum Gasteiger partial charge on any atom is 0.288 e. The first kappa shape index (κ1) is 16.2. The summed E-state index contributed by atoms with van der Waals surface area (Å²) in [5, 5.41) is 6.44. The van der Waals surface area contributed by atoms with Crippen molar-refractivity contribution >= 4 is 28.8 Å². The maximum atomic E-state index is 12.9. The van der Waals surface area contributed by atoms with E-state index in [0.717, 1.165) is 16.7 Å². The SMILES string of the molecule is O=C(NCCN1C(=O)CSC1=O)c1ccn(-c2ccc(F)cc2)n1. The number of nitrogens with zero attached hydrogens (tertiary/aromatic N) is 3. The molecule has 24 heavy (non-hydrogen) atoms. The third-order valence-electron chi connectivity index (χ3n) is 3.37. The van der Waals surface area contributed by atoms with Crippen LogP contribution in [-0.2, 0) is 4.79 Å². The van der Waals surface area contributed by atoms with Crippen molar-refractivity contribution in [2.24, 2.45) is 0 Å². The summed E-state index contributed by atoms with van der Waals surface area (Å²) in [5.74, 6) is -0.870. The Morgan fingerprint density at radius 1 is 1.25 bits per heavy atom. The number of rotatable bonds is 5. The molecule has 3 amide bonds. The number of aromatic nitrogens is 2. The highest BCUT2D eigenvalue weighted by Crippen LogP contribution is 2.17. The van der Waals surface area contributed by atoms with Crippen molar-refractivity contribution in [3.05, 3.63) is 48.0 Å². The summed E-state index contributed by atoms with van der Waals surface area (Å²) < 4.78 is 14.4. The first-order chi connectivity index (χ1) is 11.5. The number of imide groups is 1. The molecule has 0 aliphatic carbocycles. The lowest BCUT2D eigenvalue weighted by Crippen LogP contribution is -2.37. The van der Waals surface area contributed by atoms with Gasteiger partial charge in [-0.05, 0) is 30.3 Å². The van der Waals surface area contributed by atoms with E-state index < -0.39 is 5.91 Å².